The minimum absolute atomic E-state index is 0.0194. The van der Waals surface area contributed by atoms with E-state index in [4.69, 9.17) is 9.63 Å². The maximum atomic E-state index is 12.8. The molecule has 0 atom stereocenters. The number of hydrogen-bond acceptors (Lipinski definition) is 7. The maximum Gasteiger partial charge on any atom is 0.262 e. The van der Waals surface area contributed by atoms with E-state index in [1.807, 2.05) is 18.2 Å². The molecule has 0 aliphatic heterocycles. The summed E-state index contributed by atoms with van der Waals surface area (Å²) in [6.07, 6.45) is 1.26. The van der Waals surface area contributed by atoms with Gasteiger partial charge in [-0.2, -0.15) is 4.98 Å². The Morgan fingerprint density at radius 2 is 2.08 bits per heavy atom. The Morgan fingerprint density at radius 1 is 1.27 bits per heavy atom. The van der Waals surface area contributed by atoms with Gasteiger partial charge in [0, 0.05) is 19.6 Å². The number of thioether (sulfide) groups is 1. The maximum absolute atomic E-state index is 12.8. The van der Waals surface area contributed by atoms with Crippen molar-refractivity contribution >= 4 is 22.7 Å². The van der Waals surface area contributed by atoms with Gasteiger partial charge in [0.05, 0.1) is 16.7 Å². The molecule has 2 aromatic heterocycles. The van der Waals surface area contributed by atoms with Crippen molar-refractivity contribution in [1.82, 2.24) is 19.7 Å². The Hall–Kier alpha value is -2.19. The van der Waals surface area contributed by atoms with Crippen molar-refractivity contribution in [2.45, 2.75) is 44.1 Å². The molecule has 0 aliphatic rings. The zero-order chi connectivity index (χ0) is 18.5. The van der Waals surface area contributed by atoms with Gasteiger partial charge in [-0.05, 0) is 24.5 Å². The summed E-state index contributed by atoms with van der Waals surface area (Å²) in [7, 11) is 0. The molecule has 0 saturated carbocycles. The number of benzene rings is 1. The first-order valence-corrected chi connectivity index (χ1v) is 9.61. The van der Waals surface area contributed by atoms with Gasteiger partial charge in [0.2, 0.25) is 5.89 Å². The SMILES string of the molecule is CC(C)Cc1noc(CSc2nc3ccccc3c(=O)n2CCCO)n1. The van der Waals surface area contributed by atoms with Crippen molar-refractivity contribution in [2.24, 2.45) is 5.92 Å². The highest BCUT2D eigenvalue weighted by Gasteiger charge is 2.14. The highest BCUT2D eigenvalue weighted by Crippen LogP contribution is 2.22. The fourth-order valence-corrected chi connectivity index (χ4v) is 3.47. The summed E-state index contributed by atoms with van der Waals surface area (Å²) in [4.78, 5) is 21.8. The number of fused-ring (bicyclic) bond motifs is 1. The number of aliphatic hydroxyl groups is 1. The van der Waals surface area contributed by atoms with E-state index >= 15 is 0 Å². The summed E-state index contributed by atoms with van der Waals surface area (Å²) in [6, 6.07) is 7.27. The molecule has 1 aromatic carbocycles. The molecule has 138 valence electrons. The first-order valence-electron chi connectivity index (χ1n) is 8.63. The summed E-state index contributed by atoms with van der Waals surface area (Å²) < 4.78 is 6.89. The highest BCUT2D eigenvalue weighted by atomic mass is 32.2. The molecule has 0 saturated heterocycles. The van der Waals surface area contributed by atoms with E-state index in [0.717, 1.165) is 6.42 Å². The van der Waals surface area contributed by atoms with Crippen LogP contribution in [0.5, 0.6) is 0 Å². The van der Waals surface area contributed by atoms with Crippen molar-refractivity contribution in [1.29, 1.82) is 0 Å². The number of aliphatic hydroxyl groups excluding tert-OH is 1. The highest BCUT2D eigenvalue weighted by molar-refractivity contribution is 7.98. The summed E-state index contributed by atoms with van der Waals surface area (Å²) >= 11 is 1.39. The molecule has 0 fully saturated rings. The van der Waals surface area contributed by atoms with Gasteiger partial charge >= 0.3 is 0 Å². The van der Waals surface area contributed by atoms with Gasteiger partial charge in [-0.15, -0.1) is 0 Å². The molecule has 0 bridgehead atoms. The molecule has 26 heavy (non-hydrogen) atoms. The Labute approximate surface area is 155 Å². The average Bonchev–Trinajstić information content (AvgIpc) is 3.06. The second kappa shape index (κ2) is 8.46. The fraction of sp³-hybridized carbons (Fsp3) is 0.444. The predicted molar refractivity (Wildman–Crippen MR) is 100 cm³/mol. The lowest BCUT2D eigenvalue weighted by molar-refractivity contribution is 0.276. The van der Waals surface area contributed by atoms with E-state index in [0.29, 0.717) is 52.4 Å². The van der Waals surface area contributed by atoms with Crippen LogP contribution in [0, 0.1) is 5.92 Å². The molecular formula is C18H22N4O3S. The Bertz CT molecular complexity index is 936. The van der Waals surface area contributed by atoms with Gasteiger partial charge in [0.15, 0.2) is 11.0 Å². The molecule has 7 nitrogen and oxygen atoms in total. The Kier molecular flexibility index (Phi) is 6.05. The first-order chi connectivity index (χ1) is 12.6. The quantitative estimate of drug-likeness (QED) is 0.478. The number of para-hydroxylation sites is 1. The molecule has 3 aromatic rings. The third-order valence-corrected chi connectivity index (χ3v) is 4.75. The van der Waals surface area contributed by atoms with Crippen LogP contribution in [0.4, 0.5) is 0 Å². The van der Waals surface area contributed by atoms with Crippen LogP contribution in [0.3, 0.4) is 0 Å². The van der Waals surface area contributed by atoms with Crippen LogP contribution in [-0.4, -0.2) is 31.4 Å². The van der Waals surface area contributed by atoms with Crippen LogP contribution in [0.15, 0.2) is 38.7 Å². The van der Waals surface area contributed by atoms with E-state index in [-0.39, 0.29) is 12.2 Å². The van der Waals surface area contributed by atoms with Gasteiger partial charge in [-0.3, -0.25) is 9.36 Å². The van der Waals surface area contributed by atoms with Crippen LogP contribution in [0.2, 0.25) is 0 Å². The third kappa shape index (κ3) is 4.31. The van der Waals surface area contributed by atoms with E-state index in [9.17, 15) is 4.79 Å². The number of nitrogens with zero attached hydrogens (tertiary/aromatic N) is 4. The molecule has 8 heteroatoms. The lowest BCUT2D eigenvalue weighted by Crippen LogP contribution is -2.24. The summed E-state index contributed by atoms with van der Waals surface area (Å²) in [5.74, 6) is 2.11. The smallest absolute Gasteiger partial charge is 0.262 e. The van der Waals surface area contributed by atoms with Gasteiger partial charge in [0.1, 0.15) is 0 Å². The minimum Gasteiger partial charge on any atom is -0.396 e. The average molecular weight is 374 g/mol. The molecule has 0 unspecified atom stereocenters. The monoisotopic (exact) mass is 374 g/mol. The van der Waals surface area contributed by atoms with Crippen molar-refractivity contribution in [2.75, 3.05) is 6.61 Å². The Morgan fingerprint density at radius 3 is 2.85 bits per heavy atom. The predicted octanol–water partition coefficient (Wildman–Crippen LogP) is 2.65. The fourth-order valence-electron chi connectivity index (χ4n) is 2.61. The lowest BCUT2D eigenvalue weighted by Gasteiger charge is -2.11. The van der Waals surface area contributed by atoms with Gasteiger partial charge < -0.3 is 9.63 Å². The van der Waals surface area contributed by atoms with Crippen LogP contribution < -0.4 is 5.56 Å². The first kappa shape index (κ1) is 18.6. The molecular weight excluding hydrogens is 352 g/mol. The van der Waals surface area contributed by atoms with Crippen molar-refractivity contribution in [3.63, 3.8) is 0 Å². The minimum atomic E-state index is -0.0995. The van der Waals surface area contributed by atoms with Gasteiger partial charge in [0.25, 0.3) is 5.56 Å². The molecule has 2 heterocycles. The number of hydrogen-bond donors (Lipinski definition) is 1. The van der Waals surface area contributed by atoms with E-state index < -0.39 is 0 Å². The second-order valence-electron chi connectivity index (χ2n) is 6.44. The van der Waals surface area contributed by atoms with Crippen LogP contribution in [0.25, 0.3) is 10.9 Å². The number of aromatic nitrogens is 4. The topological polar surface area (TPSA) is 94.0 Å². The van der Waals surface area contributed by atoms with Crippen molar-refractivity contribution < 1.29 is 9.63 Å². The van der Waals surface area contributed by atoms with Crippen LogP contribution in [0.1, 0.15) is 32.0 Å². The third-order valence-electron chi connectivity index (χ3n) is 3.79. The molecule has 1 N–H and O–H groups in total. The van der Waals surface area contributed by atoms with E-state index in [2.05, 4.69) is 29.0 Å². The van der Waals surface area contributed by atoms with Gasteiger partial charge in [-0.1, -0.05) is 42.9 Å². The Balaban J connectivity index is 1.85. The van der Waals surface area contributed by atoms with E-state index in [1.165, 1.54) is 11.8 Å². The van der Waals surface area contributed by atoms with E-state index in [1.54, 1.807) is 10.6 Å². The normalized spacial score (nSPS) is 11.5. The lowest BCUT2D eigenvalue weighted by atomic mass is 10.1. The molecule has 3 rings (SSSR count). The van der Waals surface area contributed by atoms with Crippen LogP contribution >= 0.6 is 11.8 Å². The summed E-state index contributed by atoms with van der Waals surface area (Å²) in [5.41, 5.74) is 0.559. The molecule has 0 amide bonds. The van der Waals surface area contributed by atoms with Crippen molar-refractivity contribution in [3.05, 3.63) is 46.3 Å². The standard InChI is InChI=1S/C18H22N4O3S/c1-12(2)10-15-20-16(25-21-15)11-26-18-19-14-7-4-3-6-13(14)17(24)22(18)8-5-9-23/h3-4,6-7,12,23H,5,8-11H2,1-2H3. The second-order valence-corrected chi connectivity index (χ2v) is 7.38. The van der Waals surface area contributed by atoms with Crippen LogP contribution in [-0.2, 0) is 18.7 Å². The van der Waals surface area contributed by atoms with Gasteiger partial charge in [-0.25, -0.2) is 4.98 Å². The van der Waals surface area contributed by atoms with Crippen molar-refractivity contribution in [3.8, 4) is 0 Å². The molecule has 0 aliphatic carbocycles. The molecule has 0 radical (unpaired) electrons. The zero-order valence-corrected chi connectivity index (χ0v) is 15.7. The zero-order valence-electron chi connectivity index (χ0n) is 14.9. The number of rotatable bonds is 8. The summed E-state index contributed by atoms with van der Waals surface area (Å²) in [6.45, 7) is 4.64. The molecule has 0 spiro atoms. The summed E-state index contributed by atoms with van der Waals surface area (Å²) in [5, 5.41) is 14.3. The largest absolute Gasteiger partial charge is 0.396 e.